The van der Waals surface area contributed by atoms with E-state index < -0.39 is 62.2 Å². The minimum Gasteiger partial charge on any atom is -0.505 e. The standard InChI is InChI=1S/C26H19N5O10S4/c27-20-12-18-13(9-23(20)44(36,37)38)10-24(45(39,40)41)25(26(18)32)31-30-22-8-7-21(29-28-14-1-3-15(42)4-2-14)17-6-5-16(11-19(17)22)43(33,34)35/h1-12,32,42H,27H2,(H,33,34,35)(H,36,37,38)(H,39,40,41). The van der Waals surface area contributed by atoms with Crippen molar-refractivity contribution in [2.24, 2.45) is 20.5 Å². The number of benzene rings is 5. The second kappa shape index (κ2) is 11.5. The molecular formula is C26H19N5O10S4. The number of rotatable bonds is 7. The fourth-order valence-corrected chi connectivity index (χ4v) is 6.22. The van der Waals surface area contributed by atoms with Gasteiger partial charge in [-0.15, -0.1) is 28.0 Å². The predicted octanol–water partition coefficient (Wildman–Crippen LogP) is 6.14. The SMILES string of the molecule is Nc1cc2c(O)c(N=Nc3ccc(N=Nc4ccc(S)cc4)c4ccc(S(=O)(=O)O)cc34)c(S(=O)(=O)O)cc2cc1S(=O)(=O)O. The minimum absolute atomic E-state index is 0.0618. The van der Waals surface area contributed by atoms with Gasteiger partial charge in [0.1, 0.15) is 15.5 Å². The van der Waals surface area contributed by atoms with Crippen LogP contribution < -0.4 is 5.73 Å². The Morgan fingerprint density at radius 3 is 1.78 bits per heavy atom. The molecule has 0 unspecified atom stereocenters. The largest absolute Gasteiger partial charge is 0.505 e. The molecule has 5 aromatic rings. The summed E-state index contributed by atoms with van der Waals surface area (Å²) in [6, 6.07) is 15.5. The smallest absolute Gasteiger partial charge is 0.296 e. The molecule has 0 saturated heterocycles. The van der Waals surface area contributed by atoms with E-state index in [9.17, 15) is 44.0 Å². The molecule has 19 heteroatoms. The van der Waals surface area contributed by atoms with Crippen molar-refractivity contribution in [2.45, 2.75) is 19.6 Å². The van der Waals surface area contributed by atoms with E-state index in [2.05, 4.69) is 33.1 Å². The minimum atomic E-state index is -5.12. The van der Waals surface area contributed by atoms with Gasteiger partial charge in [0.25, 0.3) is 30.4 Å². The molecule has 0 bridgehead atoms. The van der Waals surface area contributed by atoms with Crippen molar-refractivity contribution in [1.82, 2.24) is 0 Å². The second-order valence-corrected chi connectivity index (χ2v) is 14.1. The summed E-state index contributed by atoms with van der Waals surface area (Å²) in [5, 5.41) is 27.0. The number of aromatic hydroxyl groups is 1. The number of nitrogens with two attached hydrogens (primary N) is 1. The molecule has 0 aromatic heterocycles. The first kappa shape index (κ1) is 31.9. The second-order valence-electron chi connectivity index (χ2n) is 9.34. The van der Waals surface area contributed by atoms with Crippen molar-refractivity contribution >= 4 is 93.0 Å². The van der Waals surface area contributed by atoms with Crippen LogP contribution in [0.3, 0.4) is 0 Å². The number of phenols is 1. The van der Waals surface area contributed by atoms with Crippen LogP contribution in [0.2, 0.25) is 0 Å². The third-order valence-electron chi connectivity index (χ3n) is 6.36. The van der Waals surface area contributed by atoms with E-state index >= 15 is 0 Å². The van der Waals surface area contributed by atoms with Crippen molar-refractivity contribution in [3.8, 4) is 5.75 Å². The van der Waals surface area contributed by atoms with E-state index in [-0.39, 0.29) is 32.9 Å². The van der Waals surface area contributed by atoms with Crippen LogP contribution in [0.25, 0.3) is 21.5 Å². The van der Waals surface area contributed by atoms with Gasteiger partial charge in [-0.05, 0) is 72.1 Å². The van der Waals surface area contributed by atoms with Crippen LogP contribution in [0.4, 0.5) is 28.4 Å². The summed E-state index contributed by atoms with van der Waals surface area (Å²) in [4.78, 5) is -1.57. The number of fused-ring (bicyclic) bond motifs is 2. The molecule has 0 saturated carbocycles. The number of phenolic OH excluding ortho intramolecular Hbond substituents is 1. The molecule has 0 heterocycles. The highest BCUT2D eigenvalue weighted by Crippen LogP contribution is 2.44. The summed E-state index contributed by atoms with van der Waals surface area (Å²) in [6.07, 6.45) is 0. The van der Waals surface area contributed by atoms with E-state index in [1.54, 1.807) is 24.3 Å². The van der Waals surface area contributed by atoms with Crippen molar-refractivity contribution < 1.29 is 44.0 Å². The molecule has 5 aromatic carbocycles. The Bertz CT molecular complexity index is 2430. The zero-order valence-electron chi connectivity index (χ0n) is 22.2. The van der Waals surface area contributed by atoms with Crippen LogP contribution in [0.1, 0.15) is 0 Å². The van der Waals surface area contributed by atoms with Crippen molar-refractivity contribution in [1.29, 1.82) is 0 Å². The lowest BCUT2D eigenvalue weighted by molar-refractivity contribution is 0.472. The number of hydrogen-bond donors (Lipinski definition) is 6. The fourth-order valence-electron chi connectivity index (χ4n) is 4.27. The van der Waals surface area contributed by atoms with Gasteiger partial charge >= 0.3 is 0 Å². The number of thiol groups is 1. The van der Waals surface area contributed by atoms with Crippen molar-refractivity contribution in [3.05, 3.63) is 72.8 Å². The van der Waals surface area contributed by atoms with Gasteiger partial charge in [0.2, 0.25) is 0 Å². The first-order valence-corrected chi connectivity index (χ1v) is 16.9. The molecule has 0 fully saturated rings. The highest BCUT2D eigenvalue weighted by atomic mass is 32.2. The third kappa shape index (κ3) is 6.63. The first-order chi connectivity index (χ1) is 20.9. The normalized spacial score (nSPS) is 13.0. The lowest BCUT2D eigenvalue weighted by Crippen LogP contribution is -2.04. The van der Waals surface area contributed by atoms with E-state index in [1.807, 2.05) is 0 Å². The summed E-state index contributed by atoms with van der Waals surface area (Å²) in [5.41, 5.74) is 5.09. The van der Waals surface area contributed by atoms with Gasteiger partial charge < -0.3 is 10.8 Å². The average Bonchev–Trinajstić information content (AvgIpc) is 2.94. The molecular weight excluding hydrogens is 671 g/mol. The Kier molecular flexibility index (Phi) is 8.12. The zero-order chi connectivity index (χ0) is 32.9. The Morgan fingerprint density at radius 2 is 1.18 bits per heavy atom. The van der Waals surface area contributed by atoms with Gasteiger partial charge in [0, 0.05) is 21.1 Å². The Labute approximate surface area is 260 Å². The molecule has 232 valence electrons. The summed E-state index contributed by atoms with van der Waals surface area (Å²) < 4.78 is 101. The van der Waals surface area contributed by atoms with Crippen LogP contribution in [0.5, 0.6) is 5.75 Å². The molecule has 45 heavy (non-hydrogen) atoms. The number of nitrogen functional groups attached to an aromatic ring is 1. The first-order valence-electron chi connectivity index (χ1n) is 12.1. The predicted molar refractivity (Wildman–Crippen MR) is 165 cm³/mol. The molecule has 0 aliphatic rings. The number of anilines is 1. The van der Waals surface area contributed by atoms with Gasteiger partial charge in [-0.25, -0.2) is 0 Å². The molecule has 0 aliphatic heterocycles. The average molecular weight is 690 g/mol. The van der Waals surface area contributed by atoms with Crippen LogP contribution in [-0.4, -0.2) is 44.0 Å². The zero-order valence-corrected chi connectivity index (χ0v) is 25.5. The van der Waals surface area contributed by atoms with Gasteiger partial charge in [-0.1, -0.05) is 6.07 Å². The molecule has 5 rings (SSSR count). The molecule has 15 nitrogen and oxygen atoms in total. The molecule has 0 aliphatic carbocycles. The maximum absolute atomic E-state index is 12.3. The quantitative estimate of drug-likeness (QED) is 0.0489. The number of azo groups is 2. The Hall–Kier alpha value is -4.50. The van der Waals surface area contributed by atoms with Gasteiger partial charge in [-0.2, -0.15) is 30.4 Å². The third-order valence-corrected chi connectivity index (χ3v) is 9.28. The van der Waals surface area contributed by atoms with Crippen molar-refractivity contribution in [3.63, 3.8) is 0 Å². The highest BCUT2D eigenvalue weighted by Gasteiger charge is 2.25. The summed E-state index contributed by atoms with van der Waals surface area (Å²) in [6.45, 7) is 0. The molecule has 0 radical (unpaired) electrons. The monoisotopic (exact) mass is 689 g/mol. The summed E-state index contributed by atoms with van der Waals surface area (Å²) >= 11 is 4.21. The molecule has 6 N–H and O–H groups in total. The van der Waals surface area contributed by atoms with Crippen molar-refractivity contribution in [2.75, 3.05) is 5.73 Å². The number of hydrogen-bond acceptors (Lipinski definition) is 13. The van der Waals surface area contributed by atoms with E-state index in [4.69, 9.17) is 5.73 Å². The van der Waals surface area contributed by atoms with Crippen LogP contribution in [-0.2, 0) is 30.4 Å². The molecule has 0 amide bonds. The van der Waals surface area contributed by atoms with Gasteiger partial charge in [0.15, 0.2) is 5.75 Å². The maximum atomic E-state index is 12.3. The molecule has 0 spiro atoms. The maximum Gasteiger partial charge on any atom is 0.296 e. The fraction of sp³-hybridized carbons (Fsp3) is 0. The Morgan fingerprint density at radius 1 is 0.600 bits per heavy atom. The van der Waals surface area contributed by atoms with Crippen LogP contribution in [0.15, 0.2) is 113 Å². The van der Waals surface area contributed by atoms with E-state index in [1.165, 1.54) is 18.2 Å². The molecule has 0 atom stereocenters. The van der Waals surface area contributed by atoms with Gasteiger partial charge in [0.05, 0.1) is 27.6 Å². The van der Waals surface area contributed by atoms with Crippen LogP contribution >= 0.6 is 12.6 Å². The number of nitrogens with zero attached hydrogens (tertiary/aromatic N) is 4. The lowest BCUT2D eigenvalue weighted by atomic mass is 10.1. The Balaban J connectivity index is 1.71. The van der Waals surface area contributed by atoms with E-state index in [0.717, 1.165) is 30.3 Å². The highest BCUT2D eigenvalue weighted by molar-refractivity contribution is 7.86. The lowest BCUT2D eigenvalue weighted by Gasteiger charge is -2.11. The van der Waals surface area contributed by atoms with Gasteiger partial charge in [-0.3, -0.25) is 13.7 Å². The van der Waals surface area contributed by atoms with Crippen LogP contribution in [0, 0.1) is 0 Å². The van der Waals surface area contributed by atoms with E-state index in [0.29, 0.717) is 10.6 Å². The summed E-state index contributed by atoms with van der Waals surface area (Å²) in [5.74, 6) is -0.877. The summed E-state index contributed by atoms with van der Waals surface area (Å²) in [7, 11) is -14.6. The topological polar surface area (TPSA) is 259 Å².